The van der Waals surface area contributed by atoms with E-state index in [1.807, 2.05) is 0 Å². The summed E-state index contributed by atoms with van der Waals surface area (Å²) in [6, 6.07) is 4.26. The van der Waals surface area contributed by atoms with Crippen LogP contribution >= 0.6 is 0 Å². The Balaban J connectivity index is 2.61. The lowest BCUT2D eigenvalue weighted by Crippen LogP contribution is -2.26. The van der Waals surface area contributed by atoms with Gasteiger partial charge in [-0.1, -0.05) is 12.1 Å². The van der Waals surface area contributed by atoms with Crippen molar-refractivity contribution >= 4 is 5.97 Å². The molecule has 0 amide bonds. The Bertz CT molecular complexity index is 401. The lowest BCUT2D eigenvalue weighted by atomic mass is 10.0. The van der Waals surface area contributed by atoms with E-state index in [1.165, 1.54) is 19.2 Å². The van der Waals surface area contributed by atoms with Crippen LogP contribution in [0.15, 0.2) is 24.3 Å². The summed E-state index contributed by atoms with van der Waals surface area (Å²) in [5.74, 6) is -0.436. The summed E-state index contributed by atoms with van der Waals surface area (Å²) in [5.41, 5.74) is 5.63. The highest BCUT2D eigenvalue weighted by molar-refractivity contribution is 5.69. The lowest BCUT2D eigenvalue weighted by molar-refractivity contribution is -0.141. The second-order valence-corrected chi connectivity index (χ2v) is 3.94. The van der Waals surface area contributed by atoms with Crippen molar-refractivity contribution in [3.8, 4) is 0 Å². The number of nitrogens with two attached hydrogens (primary N) is 1. The van der Waals surface area contributed by atoms with Crippen molar-refractivity contribution in [1.82, 2.24) is 0 Å². The first-order chi connectivity index (χ1) is 8.32. The van der Waals surface area contributed by atoms with Crippen LogP contribution in [0.5, 0.6) is 0 Å². The van der Waals surface area contributed by atoms with Crippen molar-refractivity contribution in [2.75, 3.05) is 7.11 Å². The maximum absolute atomic E-state index is 12.3. The Morgan fingerprint density at radius 2 is 1.89 bits per heavy atom. The van der Waals surface area contributed by atoms with Gasteiger partial charge >= 0.3 is 12.1 Å². The summed E-state index contributed by atoms with van der Waals surface area (Å²) in [7, 11) is 1.26. The smallest absolute Gasteiger partial charge is 0.416 e. The topological polar surface area (TPSA) is 52.3 Å². The van der Waals surface area contributed by atoms with Crippen molar-refractivity contribution in [2.45, 2.75) is 25.1 Å². The van der Waals surface area contributed by atoms with Crippen molar-refractivity contribution < 1.29 is 22.7 Å². The summed E-state index contributed by atoms with van der Waals surface area (Å²) in [6.45, 7) is 0. The van der Waals surface area contributed by atoms with Gasteiger partial charge in [0.2, 0.25) is 0 Å². The molecule has 0 aliphatic carbocycles. The Hall–Kier alpha value is -1.56. The fraction of sp³-hybridized carbons (Fsp3) is 0.417. The Kier molecular flexibility index (Phi) is 4.72. The summed E-state index contributed by atoms with van der Waals surface area (Å²) >= 11 is 0. The normalized spacial score (nSPS) is 13.2. The van der Waals surface area contributed by atoms with E-state index in [1.54, 1.807) is 0 Å². The number of hydrogen-bond acceptors (Lipinski definition) is 3. The van der Waals surface area contributed by atoms with E-state index >= 15 is 0 Å². The van der Waals surface area contributed by atoms with Crippen molar-refractivity contribution in [2.24, 2.45) is 5.73 Å². The van der Waals surface area contributed by atoms with E-state index in [9.17, 15) is 18.0 Å². The molecule has 0 aromatic heterocycles. The van der Waals surface area contributed by atoms with Crippen LogP contribution in [-0.4, -0.2) is 19.1 Å². The first kappa shape index (κ1) is 14.5. The van der Waals surface area contributed by atoms with Gasteiger partial charge in [-0.15, -0.1) is 0 Å². The van der Waals surface area contributed by atoms with E-state index in [0.29, 0.717) is 12.0 Å². The molecule has 18 heavy (non-hydrogen) atoms. The second kappa shape index (κ2) is 5.86. The number of ether oxygens (including phenoxy) is 1. The number of halogens is 3. The van der Waals surface area contributed by atoms with Gasteiger partial charge in [0.05, 0.1) is 19.1 Å². The summed E-state index contributed by atoms with van der Waals surface area (Å²) in [6.07, 6.45) is -3.97. The second-order valence-electron chi connectivity index (χ2n) is 3.94. The fourth-order valence-corrected chi connectivity index (χ4v) is 1.50. The van der Waals surface area contributed by atoms with Gasteiger partial charge in [0.1, 0.15) is 0 Å². The molecule has 0 bridgehead atoms. The third kappa shape index (κ3) is 4.37. The molecule has 1 rings (SSSR count). The van der Waals surface area contributed by atoms with Crippen LogP contribution in [0.2, 0.25) is 0 Å². The monoisotopic (exact) mass is 261 g/mol. The number of carbonyl (C=O) groups is 1. The molecule has 0 spiro atoms. The minimum absolute atomic E-state index is 0.0392. The molecule has 0 saturated heterocycles. The highest BCUT2D eigenvalue weighted by Gasteiger charge is 2.29. The van der Waals surface area contributed by atoms with E-state index < -0.39 is 23.8 Å². The first-order valence-electron chi connectivity index (χ1n) is 5.31. The minimum atomic E-state index is -4.34. The Labute approximate surface area is 103 Å². The Morgan fingerprint density at radius 1 is 1.33 bits per heavy atom. The largest absolute Gasteiger partial charge is 0.469 e. The SMILES string of the molecule is COC(=O)CC(N)Cc1ccc(C(F)(F)F)cc1. The van der Waals surface area contributed by atoms with Gasteiger partial charge in [0.15, 0.2) is 0 Å². The van der Waals surface area contributed by atoms with Crippen LogP contribution in [0.4, 0.5) is 13.2 Å². The molecule has 0 aliphatic rings. The number of rotatable bonds is 4. The zero-order valence-electron chi connectivity index (χ0n) is 9.83. The van der Waals surface area contributed by atoms with E-state index in [-0.39, 0.29) is 6.42 Å². The number of carbonyl (C=O) groups excluding carboxylic acids is 1. The van der Waals surface area contributed by atoms with Crippen LogP contribution in [0.3, 0.4) is 0 Å². The van der Waals surface area contributed by atoms with Gasteiger partial charge in [-0.3, -0.25) is 4.79 Å². The predicted molar refractivity (Wildman–Crippen MR) is 59.8 cm³/mol. The van der Waals surface area contributed by atoms with Crippen LogP contribution in [-0.2, 0) is 22.1 Å². The fourth-order valence-electron chi connectivity index (χ4n) is 1.50. The van der Waals surface area contributed by atoms with Crippen LogP contribution in [0, 0.1) is 0 Å². The summed E-state index contributed by atoms with van der Waals surface area (Å²) in [4.78, 5) is 10.9. The van der Waals surface area contributed by atoms with Gasteiger partial charge in [0.25, 0.3) is 0 Å². The zero-order valence-corrected chi connectivity index (χ0v) is 9.83. The molecule has 1 unspecified atom stereocenters. The molecular weight excluding hydrogens is 247 g/mol. The van der Waals surface area contributed by atoms with E-state index in [4.69, 9.17) is 5.73 Å². The molecule has 0 saturated carbocycles. The maximum Gasteiger partial charge on any atom is 0.416 e. The highest BCUT2D eigenvalue weighted by Crippen LogP contribution is 2.29. The predicted octanol–water partition coefficient (Wildman–Crippen LogP) is 2.14. The van der Waals surface area contributed by atoms with Crippen LogP contribution in [0.25, 0.3) is 0 Å². The average Bonchev–Trinajstić information content (AvgIpc) is 2.28. The first-order valence-corrected chi connectivity index (χ1v) is 5.31. The van der Waals surface area contributed by atoms with E-state index in [2.05, 4.69) is 4.74 Å². The molecule has 0 fully saturated rings. The molecule has 3 nitrogen and oxygen atoms in total. The number of benzene rings is 1. The average molecular weight is 261 g/mol. The van der Waals surface area contributed by atoms with Crippen molar-refractivity contribution in [1.29, 1.82) is 0 Å². The van der Waals surface area contributed by atoms with Gasteiger partial charge in [0, 0.05) is 6.04 Å². The number of hydrogen-bond donors (Lipinski definition) is 1. The highest BCUT2D eigenvalue weighted by atomic mass is 19.4. The van der Waals surface area contributed by atoms with Crippen molar-refractivity contribution in [3.05, 3.63) is 35.4 Å². The molecule has 0 aliphatic heterocycles. The lowest BCUT2D eigenvalue weighted by Gasteiger charge is -2.11. The molecule has 0 heterocycles. The Morgan fingerprint density at radius 3 is 2.33 bits per heavy atom. The standard InChI is InChI=1S/C12H14F3NO2/c1-18-11(17)7-10(16)6-8-2-4-9(5-3-8)12(13,14)15/h2-5,10H,6-7,16H2,1H3. The summed E-state index contributed by atoms with van der Waals surface area (Å²) < 4.78 is 41.4. The molecule has 1 aromatic rings. The van der Waals surface area contributed by atoms with Crippen molar-refractivity contribution in [3.63, 3.8) is 0 Å². The zero-order chi connectivity index (χ0) is 13.8. The molecular formula is C12H14F3NO2. The quantitative estimate of drug-likeness (QED) is 0.845. The molecule has 1 atom stereocenters. The minimum Gasteiger partial charge on any atom is -0.469 e. The van der Waals surface area contributed by atoms with Crippen LogP contribution in [0.1, 0.15) is 17.5 Å². The van der Waals surface area contributed by atoms with E-state index in [0.717, 1.165) is 12.1 Å². The molecule has 100 valence electrons. The third-order valence-corrected chi connectivity index (χ3v) is 2.44. The van der Waals surface area contributed by atoms with Gasteiger partial charge in [-0.25, -0.2) is 0 Å². The number of methoxy groups -OCH3 is 1. The maximum atomic E-state index is 12.3. The third-order valence-electron chi connectivity index (χ3n) is 2.44. The number of alkyl halides is 3. The molecule has 6 heteroatoms. The molecule has 0 radical (unpaired) electrons. The van der Waals surface area contributed by atoms with Crippen LogP contribution < -0.4 is 5.73 Å². The molecule has 1 aromatic carbocycles. The summed E-state index contributed by atoms with van der Waals surface area (Å²) in [5, 5.41) is 0. The van der Waals surface area contributed by atoms with Gasteiger partial charge in [-0.05, 0) is 24.1 Å². The number of esters is 1. The van der Waals surface area contributed by atoms with Gasteiger partial charge in [-0.2, -0.15) is 13.2 Å². The molecule has 2 N–H and O–H groups in total. The van der Waals surface area contributed by atoms with Gasteiger partial charge < -0.3 is 10.5 Å².